The molecule has 0 saturated carbocycles. The van der Waals surface area contributed by atoms with E-state index in [1.54, 1.807) is 0 Å². The van der Waals surface area contributed by atoms with Crippen LogP contribution in [0.5, 0.6) is 0 Å². The molecule has 1 heterocycles. The lowest BCUT2D eigenvalue weighted by Gasteiger charge is -2.05. The number of hydrogen-bond donors (Lipinski definition) is 1. The molecule has 1 aromatic heterocycles. The monoisotopic (exact) mass is 272 g/mol. The minimum absolute atomic E-state index is 0.129. The molecule has 2 nitrogen and oxygen atoms in total. The predicted molar refractivity (Wildman–Crippen MR) is 64.1 cm³/mol. The van der Waals surface area contributed by atoms with Gasteiger partial charge in [0.1, 0.15) is 16.7 Å². The summed E-state index contributed by atoms with van der Waals surface area (Å²) in [5.74, 6) is -1.04. The summed E-state index contributed by atoms with van der Waals surface area (Å²) < 4.78 is 26.3. The average Bonchev–Trinajstić information content (AvgIpc) is 2.27. The fourth-order valence-electron chi connectivity index (χ4n) is 1.17. The summed E-state index contributed by atoms with van der Waals surface area (Å²) in [4.78, 5) is 4.09. The van der Waals surface area contributed by atoms with Gasteiger partial charge < -0.3 is 5.73 Å². The van der Waals surface area contributed by atoms with Crippen molar-refractivity contribution in [3.05, 3.63) is 47.1 Å². The lowest BCUT2D eigenvalue weighted by molar-refractivity contribution is 0.577. The van der Waals surface area contributed by atoms with Crippen molar-refractivity contribution in [2.45, 2.75) is 9.92 Å². The SMILES string of the molecule is Nc1cnc(Sc2cc(F)ccc2F)c(Cl)c1. The van der Waals surface area contributed by atoms with Gasteiger partial charge in [-0.15, -0.1) is 0 Å². The molecule has 6 heteroatoms. The van der Waals surface area contributed by atoms with Crippen LogP contribution >= 0.6 is 23.4 Å². The standard InChI is InChI=1S/C11H7ClF2N2S/c12-8-4-7(15)5-16-11(8)17-10-3-6(13)1-2-9(10)14/h1-5H,15H2. The molecule has 0 saturated heterocycles. The van der Waals surface area contributed by atoms with E-state index in [1.165, 1.54) is 12.3 Å². The second kappa shape index (κ2) is 4.89. The topological polar surface area (TPSA) is 38.9 Å². The minimum Gasteiger partial charge on any atom is -0.397 e. The van der Waals surface area contributed by atoms with Crippen LogP contribution in [0.1, 0.15) is 0 Å². The molecule has 2 rings (SSSR count). The Kier molecular flexibility index (Phi) is 3.49. The van der Waals surface area contributed by atoms with E-state index in [0.717, 1.165) is 30.0 Å². The Labute approximate surface area is 106 Å². The van der Waals surface area contributed by atoms with Gasteiger partial charge in [-0.3, -0.25) is 0 Å². The molecule has 0 bridgehead atoms. The molecule has 1 aromatic carbocycles. The third kappa shape index (κ3) is 2.87. The quantitative estimate of drug-likeness (QED) is 0.905. The summed E-state index contributed by atoms with van der Waals surface area (Å²) in [6, 6.07) is 4.71. The van der Waals surface area contributed by atoms with Crippen molar-refractivity contribution in [2.24, 2.45) is 0 Å². The van der Waals surface area contributed by atoms with E-state index in [4.69, 9.17) is 17.3 Å². The maximum Gasteiger partial charge on any atom is 0.137 e. The van der Waals surface area contributed by atoms with Gasteiger partial charge in [0, 0.05) is 0 Å². The number of rotatable bonds is 2. The molecule has 88 valence electrons. The van der Waals surface area contributed by atoms with E-state index >= 15 is 0 Å². The fraction of sp³-hybridized carbons (Fsp3) is 0. The largest absolute Gasteiger partial charge is 0.397 e. The lowest BCUT2D eigenvalue weighted by atomic mass is 10.3. The first kappa shape index (κ1) is 12.1. The first-order chi connectivity index (χ1) is 8.06. The Hall–Kier alpha value is -1.33. The number of halogens is 3. The van der Waals surface area contributed by atoms with Gasteiger partial charge in [-0.05, 0) is 24.3 Å². The predicted octanol–water partition coefficient (Wildman–Crippen LogP) is 3.75. The molecular weight excluding hydrogens is 266 g/mol. The van der Waals surface area contributed by atoms with Crippen LogP contribution in [0.25, 0.3) is 0 Å². The number of aromatic nitrogens is 1. The van der Waals surface area contributed by atoms with Crippen molar-refractivity contribution in [3.63, 3.8) is 0 Å². The third-order valence-corrected chi connectivity index (χ3v) is 3.38. The van der Waals surface area contributed by atoms with Gasteiger partial charge >= 0.3 is 0 Å². The average molecular weight is 273 g/mol. The van der Waals surface area contributed by atoms with Crippen molar-refractivity contribution >= 4 is 29.1 Å². The summed E-state index contributed by atoms with van der Waals surface area (Å²) in [7, 11) is 0. The van der Waals surface area contributed by atoms with Crippen molar-refractivity contribution in [1.82, 2.24) is 4.98 Å². The second-order valence-corrected chi connectivity index (χ2v) is 4.67. The lowest BCUT2D eigenvalue weighted by Crippen LogP contribution is -1.90. The van der Waals surface area contributed by atoms with Crippen LogP contribution in [-0.2, 0) is 0 Å². The smallest absolute Gasteiger partial charge is 0.137 e. The molecular formula is C11H7ClF2N2S. The highest BCUT2D eigenvalue weighted by Gasteiger charge is 2.10. The van der Waals surface area contributed by atoms with Crippen molar-refractivity contribution in [1.29, 1.82) is 0 Å². The number of hydrogen-bond acceptors (Lipinski definition) is 3. The first-order valence-electron chi connectivity index (χ1n) is 4.60. The number of nitrogens with two attached hydrogens (primary N) is 1. The first-order valence-corrected chi connectivity index (χ1v) is 5.79. The summed E-state index contributed by atoms with van der Waals surface area (Å²) in [5, 5.41) is 0.684. The maximum atomic E-state index is 13.4. The molecule has 2 aromatic rings. The molecule has 0 fully saturated rings. The summed E-state index contributed by atoms with van der Waals surface area (Å²) >= 11 is 6.84. The van der Waals surface area contributed by atoms with Crippen LogP contribution in [0.15, 0.2) is 40.4 Å². The van der Waals surface area contributed by atoms with Gasteiger partial charge in [0.05, 0.1) is 21.8 Å². The number of benzene rings is 1. The molecule has 0 aliphatic carbocycles. The number of nitrogens with zero attached hydrogens (tertiary/aromatic N) is 1. The molecule has 0 atom stereocenters. The van der Waals surface area contributed by atoms with E-state index in [1.807, 2.05) is 0 Å². The van der Waals surface area contributed by atoms with Gasteiger partial charge in [0.2, 0.25) is 0 Å². The zero-order chi connectivity index (χ0) is 12.4. The zero-order valence-corrected chi connectivity index (χ0v) is 10.0. The van der Waals surface area contributed by atoms with E-state index < -0.39 is 11.6 Å². The number of anilines is 1. The van der Waals surface area contributed by atoms with Gasteiger partial charge in [-0.1, -0.05) is 23.4 Å². The van der Waals surface area contributed by atoms with E-state index in [9.17, 15) is 8.78 Å². The van der Waals surface area contributed by atoms with E-state index in [-0.39, 0.29) is 4.90 Å². The maximum absolute atomic E-state index is 13.4. The van der Waals surface area contributed by atoms with Crippen LogP contribution in [-0.4, -0.2) is 4.98 Å². The Bertz CT molecular complexity index is 563. The summed E-state index contributed by atoms with van der Waals surface area (Å²) in [6.07, 6.45) is 1.41. The Morgan fingerprint density at radius 1 is 1.24 bits per heavy atom. The van der Waals surface area contributed by atoms with Crippen LogP contribution < -0.4 is 5.73 Å². The van der Waals surface area contributed by atoms with Crippen LogP contribution in [0, 0.1) is 11.6 Å². The minimum atomic E-state index is -0.522. The second-order valence-electron chi connectivity index (χ2n) is 3.23. The van der Waals surface area contributed by atoms with E-state index in [2.05, 4.69) is 4.98 Å². The third-order valence-electron chi connectivity index (χ3n) is 1.93. The molecule has 0 aliphatic rings. The molecule has 0 spiro atoms. The number of pyridine rings is 1. The molecule has 2 N–H and O–H groups in total. The zero-order valence-electron chi connectivity index (χ0n) is 8.45. The Balaban J connectivity index is 2.34. The van der Waals surface area contributed by atoms with Gasteiger partial charge in [0.15, 0.2) is 0 Å². The summed E-state index contributed by atoms with van der Waals surface area (Å²) in [6.45, 7) is 0. The van der Waals surface area contributed by atoms with Crippen LogP contribution in [0.4, 0.5) is 14.5 Å². The highest BCUT2D eigenvalue weighted by atomic mass is 35.5. The molecule has 0 amide bonds. The van der Waals surface area contributed by atoms with Crippen LogP contribution in [0.2, 0.25) is 5.02 Å². The normalized spacial score (nSPS) is 10.5. The molecule has 0 unspecified atom stereocenters. The Morgan fingerprint density at radius 3 is 2.71 bits per heavy atom. The fourth-order valence-corrected chi connectivity index (χ4v) is 2.27. The highest BCUT2D eigenvalue weighted by Crippen LogP contribution is 2.34. The van der Waals surface area contributed by atoms with Crippen LogP contribution in [0.3, 0.4) is 0 Å². The van der Waals surface area contributed by atoms with Crippen molar-refractivity contribution in [2.75, 3.05) is 5.73 Å². The Morgan fingerprint density at radius 2 is 2.00 bits per heavy atom. The molecule has 17 heavy (non-hydrogen) atoms. The summed E-state index contributed by atoms with van der Waals surface area (Å²) in [5.41, 5.74) is 5.90. The van der Waals surface area contributed by atoms with Gasteiger partial charge in [-0.25, -0.2) is 13.8 Å². The van der Waals surface area contributed by atoms with E-state index in [0.29, 0.717) is 15.7 Å². The van der Waals surface area contributed by atoms with Crippen molar-refractivity contribution < 1.29 is 8.78 Å². The van der Waals surface area contributed by atoms with Gasteiger partial charge in [0.25, 0.3) is 0 Å². The molecule has 0 radical (unpaired) electrons. The van der Waals surface area contributed by atoms with Crippen molar-refractivity contribution in [3.8, 4) is 0 Å². The van der Waals surface area contributed by atoms with Gasteiger partial charge in [-0.2, -0.15) is 0 Å². The molecule has 0 aliphatic heterocycles. The number of nitrogen functional groups attached to an aromatic ring is 1. The highest BCUT2D eigenvalue weighted by molar-refractivity contribution is 7.99.